The standard InChI is InChI=1S/C18H14ClNO2/c1-11-7-8-12(2)13(9-11)10-16-18(21)22-17(20-16)14-5-3-4-6-15(14)19/h3-10H,1-2H3/b16-10-. The molecular weight excluding hydrogens is 298 g/mol. The third-order valence-electron chi connectivity index (χ3n) is 3.45. The zero-order chi connectivity index (χ0) is 15.7. The van der Waals surface area contributed by atoms with Crippen LogP contribution >= 0.6 is 11.6 Å². The predicted molar refractivity (Wildman–Crippen MR) is 88.0 cm³/mol. The van der Waals surface area contributed by atoms with Gasteiger partial charge in [-0.2, -0.15) is 0 Å². The van der Waals surface area contributed by atoms with Gasteiger partial charge in [0, 0.05) is 0 Å². The Balaban J connectivity index is 2.02. The van der Waals surface area contributed by atoms with Crippen LogP contribution in [0.25, 0.3) is 6.08 Å². The number of hydrogen-bond acceptors (Lipinski definition) is 3. The molecule has 0 amide bonds. The number of esters is 1. The summed E-state index contributed by atoms with van der Waals surface area (Å²) >= 11 is 6.11. The number of aryl methyl sites for hydroxylation is 2. The second-order valence-electron chi connectivity index (χ2n) is 5.18. The number of ether oxygens (including phenoxy) is 1. The molecule has 0 spiro atoms. The Hall–Kier alpha value is -2.39. The number of nitrogens with zero attached hydrogens (tertiary/aromatic N) is 1. The van der Waals surface area contributed by atoms with Crippen LogP contribution in [-0.2, 0) is 9.53 Å². The molecule has 0 aromatic heterocycles. The van der Waals surface area contributed by atoms with Crippen molar-refractivity contribution in [3.05, 3.63) is 75.4 Å². The molecule has 0 saturated heterocycles. The van der Waals surface area contributed by atoms with Crippen LogP contribution in [0.3, 0.4) is 0 Å². The molecule has 4 heteroatoms. The van der Waals surface area contributed by atoms with Gasteiger partial charge in [0.15, 0.2) is 5.70 Å². The molecular formula is C18H14ClNO2. The first-order valence-corrected chi connectivity index (χ1v) is 7.27. The first-order chi connectivity index (χ1) is 10.5. The van der Waals surface area contributed by atoms with Crippen LogP contribution in [0.5, 0.6) is 0 Å². The molecule has 22 heavy (non-hydrogen) atoms. The Morgan fingerprint density at radius 3 is 2.68 bits per heavy atom. The number of carbonyl (C=O) groups excluding carboxylic acids is 1. The monoisotopic (exact) mass is 311 g/mol. The van der Waals surface area contributed by atoms with E-state index >= 15 is 0 Å². The van der Waals surface area contributed by atoms with Gasteiger partial charge in [-0.25, -0.2) is 9.79 Å². The lowest BCUT2D eigenvalue weighted by Gasteiger charge is -2.01. The largest absolute Gasteiger partial charge is 0.402 e. The highest BCUT2D eigenvalue weighted by atomic mass is 35.5. The van der Waals surface area contributed by atoms with Gasteiger partial charge in [-0.05, 0) is 43.2 Å². The molecule has 0 N–H and O–H groups in total. The zero-order valence-electron chi connectivity index (χ0n) is 12.3. The van der Waals surface area contributed by atoms with E-state index in [-0.39, 0.29) is 11.6 Å². The summed E-state index contributed by atoms with van der Waals surface area (Å²) in [7, 11) is 0. The van der Waals surface area contributed by atoms with E-state index in [0.717, 1.165) is 16.7 Å². The fraction of sp³-hybridized carbons (Fsp3) is 0.111. The highest BCUT2D eigenvalue weighted by Gasteiger charge is 2.25. The normalized spacial score (nSPS) is 15.9. The summed E-state index contributed by atoms with van der Waals surface area (Å²) in [6.07, 6.45) is 1.74. The SMILES string of the molecule is Cc1ccc(C)c(/C=C2\N=C(c3ccccc3Cl)OC2=O)c1. The van der Waals surface area contributed by atoms with E-state index in [1.54, 1.807) is 18.2 Å². The van der Waals surface area contributed by atoms with Crippen molar-refractivity contribution < 1.29 is 9.53 Å². The lowest BCUT2D eigenvalue weighted by Crippen LogP contribution is -2.05. The van der Waals surface area contributed by atoms with Crippen LogP contribution in [-0.4, -0.2) is 11.9 Å². The van der Waals surface area contributed by atoms with E-state index in [9.17, 15) is 4.79 Å². The van der Waals surface area contributed by atoms with Gasteiger partial charge in [0.1, 0.15) is 0 Å². The molecule has 0 saturated carbocycles. The van der Waals surface area contributed by atoms with Gasteiger partial charge < -0.3 is 4.74 Å². The van der Waals surface area contributed by atoms with Crippen LogP contribution in [0.4, 0.5) is 0 Å². The van der Waals surface area contributed by atoms with Crippen LogP contribution in [0.2, 0.25) is 5.02 Å². The Kier molecular flexibility index (Phi) is 3.82. The van der Waals surface area contributed by atoms with E-state index in [1.807, 2.05) is 44.2 Å². The number of benzene rings is 2. The molecule has 1 heterocycles. The van der Waals surface area contributed by atoms with E-state index in [2.05, 4.69) is 4.99 Å². The third kappa shape index (κ3) is 2.81. The molecule has 1 aliphatic heterocycles. The van der Waals surface area contributed by atoms with Gasteiger partial charge in [-0.1, -0.05) is 47.5 Å². The highest BCUT2D eigenvalue weighted by molar-refractivity contribution is 6.34. The van der Waals surface area contributed by atoms with Crippen LogP contribution in [0.1, 0.15) is 22.3 Å². The lowest BCUT2D eigenvalue weighted by molar-refractivity contribution is -0.129. The number of aliphatic imine (C=N–C) groups is 1. The molecule has 0 fully saturated rings. The molecule has 3 rings (SSSR count). The second-order valence-corrected chi connectivity index (χ2v) is 5.58. The minimum atomic E-state index is -0.462. The maximum atomic E-state index is 12.0. The summed E-state index contributed by atoms with van der Waals surface area (Å²) in [6.45, 7) is 4.00. The summed E-state index contributed by atoms with van der Waals surface area (Å²) in [5.41, 5.74) is 4.05. The van der Waals surface area contributed by atoms with Crippen molar-refractivity contribution in [1.29, 1.82) is 0 Å². The fourth-order valence-electron chi connectivity index (χ4n) is 2.22. The number of hydrogen-bond donors (Lipinski definition) is 0. The smallest absolute Gasteiger partial charge is 0.363 e. The van der Waals surface area contributed by atoms with Gasteiger partial charge in [0.2, 0.25) is 5.90 Å². The van der Waals surface area contributed by atoms with Gasteiger partial charge in [0.25, 0.3) is 0 Å². The minimum absolute atomic E-state index is 0.243. The second kappa shape index (κ2) is 5.78. The average molecular weight is 312 g/mol. The number of cyclic esters (lactones) is 1. The van der Waals surface area contributed by atoms with E-state index in [0.29, 0.717) is 10.6 Å². The Morgan fingerprint density at radius 1 is 1.14 bits per heavy atom. The van der Waals surface area contributed by atoms with Gasteiger partial charge in [0.05, 0.1) is 10.6 Å². The van der Waals surface area contributed by atoms with Gasteiger partial charge >= 0.3 is 5.97 Å². The summed E-state index contributed by atoms with van der Waals surface area (Å²) in [5, 5.41) is 0.502. The van der Waals surface area contributed by atoms with Gasteiger partial charge in [-0.15, -0.1) is 0 Å². The Labute approximate surface area is 133 Å². The quantitative estimate of drug-likeness (QED) is 0.612. The van der Waals surface area contributed by atoms with Crippen LogP contribution < -0.4 is 0 Å². The van der Waals surface area contributed by atoms with E-state index in [4.69, 9.17) is 16.3 Å². The lowest BCUT2D eigenvalue weighted by atomic mass is 10.0. The maximum Gasteiger partial charge on any atom is 0.363 e. The third-order valence-corrected chi connectivity index (χ3v) is 3.78. The minimum Gasteiger partial charge on any atom is -0.402 e. The van der Waals surface area contributed by atoms with Crippen molar-refractivity contribution in [1.82, 2.24) is 0 Å². The van der Waals surface area contributed by atoms with Crippen LogP contribution in [0, 0.1) is 13.8 Å². The van der Waals surface area contributed by atoms with Crippen molar-refractivity contribution >= 4 is 29.5 Å². The van der Waals surface area contributed by atoms with Crippen molar-refractivity contribution in [2.75, 3.05) is 0 Å². The number of carbonyl (C=O) groups is 1. The summed E-state index contributed by atoms with van der Waals surface area (Å²) in [5.74, 6) is -0.219. The Morgan fingerprint density at radius 2 is 1.91 bits per heavy atom. The van der Waals surface area contributed by atoms with Crippen molar-refractivity contribution in [2.24, 2.45) is 4.99 Å². The van der Waals surface area contributed by atoms with Crippen LogP contribution in [0.15, 0.2) is 53.2 Å². The topological polar surface area (TPSA) is 38.7 Å². The molecule has 0 atom stereocenters. The maximum absolute atomic E-state index is 12.0. The van der Waals surface area contributed by atoms with Crippen molar-refractivity contribution in [3.63, 3.8) is 0 Å². The predicted octanol–water partition coefficient (Wildman–Crippen LogP) is 4.30. The first kappa shape index (κ1) is 14.5. The summed E-state index contributed by atoms with van der Waals surface area (Å²) in [6, 6.07) is 13.2. The van der Waals surface area contributed by atoms with E-state index in [1.165, 1.54) is 0 Å². The van der Waals surface area contributed by atoms with E-state index < -0.39 is 5.97 Å². The summed E-state index contributed by atoms with van der Waals surface area (Å²) in [4.78, 5) is 16.3. The molecule has 2 aromatic carbocycles. The Bertz CT molecular complexity index is 822. The molecule has 110 valence electrons. The van der Waals surface area contributed by atoms with Crippen molar-refractivity contribution in [2.45, 2.75) is 13.8 Å². The molecule has 0 aliphatic carbocycles. The fourth-order valence-corrected chi connectivity index (χ4v) is 2.44. The average Bonchev–Trinajstić information content (AvgIpc) is 2.84. The number of rotatable bonds is 2. The van der Waals surface area contributed by atoms with Crippen molar-refractivity contribution in [3.8, 4) is 0 Å². The molecule has 0 unspecified atom stereocenters. The first-order valence-electron chi connectivity index (χ1n) is 6.89. The molecule has 3 nitrogen and oxygen atoms in total. The summed E-state index contributed by atoms with van der Waals surface area (Å²) < 4.78 is 5.24. The zero-order valence-corrected chi connectivity index (χ0v) is 13.0. The number of halogens is 1. The van der Waals surface area contributed by atoms with Gasteiger partial charge in [-0.3, -0.25) is 0 Å². The molecule has 0 bridgehead atoms. The molecule has 2 aromatic rings. The molecule has 1 aliphatic rings. The highest BCUT2D eigenvalue weighted by Crippen LogP contribution is 2.24. The molecule has 0 radical (unpaired) electrons.